The van der Waals surface area contributed by atoms with Gasteiger partial charge in [-0.15, -0.1) is 4.68 Å². The van der Waals surface area contributed by atoms with Crippen LogP contribution in [0.2, 0.25) is 0 Å². The quantitative estimate of drug-likeness (QED) is 0.122. The van der Waals surface area contributed by atoms with E-state index in [1.54, 1.807) is 0 Å². The number of hydrogen-bond donors (Lipinski definition) is 0. The highest BCUT2D eigenvalue weighted by Crippen LogP contribution is 2.13. The number of hydrogen-bond acceptors (Lipinski definition) is 1. The molecule has 0 N–H and O–H groups in total. The minimum atomic E-state index is 1.11. The van der Waals surface area contributed by atoms with Crippen molar-refractivity contribution in [1.29, 1.82) is 0 Å². The molecule has 0 atom stereocenters. The van der Waals surface area contributed by atoms with Crippen LogP contribution in [0.25, 0.3) is 0 Å². The van der Waals surface area contributed by atoms with Crippen LogP contribution in [0.1, 0.15) is 102 Å². The average molecular weight is 374 g/mol. The largest absolute Gasteiger partial charge is 0.200 e. The Labute approximate surface area is 169 Å². The fourth-order valence-corrected chi connectivity index (χ4v) is 3.56. The van der Waals surface area contributed by atoms with Gasteiger partial charge < -0.3 is 0 Å². The maximum atomic E-state index is 2.33. The Kier molecular flexibility index (Phi) is 14.8. The Morgan fingerprint density at radius 3 is 1.56 bits per heavy atom. The predicted octanol–water partition coefficient (Wildman–Crippen LogP) is 7.08. The van der Waals surface area contributed by atoms with Crippen LogP contribution in [0, 0.1) is 0 Å². The fourth-order valence-electron chi connectivity index (χ4n) is 3.56. The van der Waals surface area contributed by atoms with Crippen LogP contribution in [0.5, 0.6) is 0 Å². The summed E-state index contributed by atoms with van der Waals surface area (Å²) >= 11 is 0. The number of hydrazone groups is 1. The summed E-state index contributed by atoms with van der Waals surface area (Å²) in [6, 6.07) is 10.6. The van der Waals surface area contributed by atoms with Gasteiger partial charge in [-0.25, -0.2) is 0 Å². The molecule has 0 amide bonds. The molecule has 27 heavy (non-hydrogen) atoms. The molecule has 0 aliphatic carbocycles. The second kappa shape index (κ2) is 16.8. The van der Waals surface area contributed by atoms with Gasteiger partial charge in [0.1, 0.15) is 0 Å². The van der Waals surface area contributed by atoms with E-state index in [1.807, 2.05) is 0 Å². The van der Waals surface area contributed by atoms with Crippen LogP contribution >= 0.6 is 0 Å². The number of hydrazine groups is 1. The average Bonchev–Trinajstić information content (AvgIpc) is 2.68. The van der Waals surface area contributed by atoms with E-state index in [0.717, 1.165) is 6.54 Å². The van der Waals surface area contributed by atoms with Crippen LogP contribution < -0.4 is 0 Å². The second-order valence-electron chi connectivity index (χ2n) is 8.15. The standard InChI is InChI=1S/C25H45N2/c1-4-5-6-7-8-9-10-11-12-13-14-15-16-20-23-27(26(2)3)24-25-21-18-17-19-22-25/h17-19,21-22,24H,4-16,20,23H2,1-3H3/q+1. The topological polar surface area (TPSA) is 6.25 Å². The summed E-state index contributed by atoms with van der Waals surface area (Å²) in [6.45, 7) is 3.40. The molecule has 2 heteroatoms. The van der Waals surface area contributed by atoms with Crippen molar-refractivity contribution in [3.05, 3.63) is 35.9 Å². The van der Waals surface area contributed by atoms with Gasteiger partial charge in [0.2, 0.25) is 6.21 Å². The SMILES string of the molecule is CCCCCCCCCCCCCCCC[N+](=Cc1ccccc1)N(C)C. The summed E-state index contributed by atoms with van der Waals surface area (Å²) in [4.78, 5) is 0. The first-order chi connectivity index (χ1) is 13.2. The Balaban J connectivity index is 1.97. The molecule has 0 radical (unpaired) electrons. The highest BCUT2D eigenvalue weighted by Gasteiger charge is 2.07. The Morgan fingerprint density at radius 2 is 1.11 bits per heavy atom. The van der Waals surface area contributed by atoms with Gasteiger partial charge in [0.25, 0.3) is 0 Å². The van der Waals surface area contributed by atoms with Crippen molar-refractivity contribution in [1.82, 2.24) is 5.01 Å². The minimum Gasteiger partial charge on any atom is -0.192 e. The highest BCUT2D eigenvalue weighted by atomic mass is 15.5. The molecular weight excluding hydrogens is 328 g/mol. The van der Waals surface area contributed by atoms with Crippen molar-refractivity contribution in [2.45, 2.75) is 96.8 Å². The van der Waals surface area contributed by atoms with Crippen LogP contribution in [0.4, 0.5) is 0 Å². The van der Waals surface area contributed by atoms with Crippen molar-refractivity contribution in [2.24, 2.45) is 0 Å². The third-order valence-electron chi connectivity index (χ3n) is 5.35. The molecule has 1 rings (SSSR count). The Morgan fingerprint density at radius 1 is 0.667 bits per heavy atom. The molecular formula is C25H45N2+. The van der Waals surface area contributed by atoms with E-state index in [4.69, 9.17) is 0 Å². The molecule has 154 valence electrons. The Bertz CT molecular complexity index is 464. The summed E-state index contributed by atoms with van der Waals surface area (Å²) in [5.74, 6) is 0. The maximum absolute atomic E-state index is 2.33. The smallest absolute Gasteiger partial charge is 0.192 e. The predicted molar refractivity (Wildman–Crippen MR) is 121 cm³/mol. The summed E-state index contributed by atoms with van der Waals surface area (Å²) in [5.41, 5.74) is 1.27. The lowest BCUT2D eigenvalue weighted by molar-refractivity contribution is -0.674. The second-order valence-corrected chi connectivity index (χ2v) is 8.15. The van der Waals surface area contributed by atoms with Crippen molar-refractivity contribution >= 4 is 6.21 Å². The zero-order valence-corrected chi connectivity index (χ0v) is 18.5. The molecule has 0 aromatic heterocycles. The lowest BCUT2D eigenvalue weighted by Crippen LogP contribution is -2.30. The van der Waals surface area contributed by atoms with Gasteiger partial charge in [-0.1, -0.05) is 102 Å². The van der Waals surface area contributed by atoms with Gasteiger partial charge in [0.05, 0.1) is 14.1 Å². The molecule has 0 saturated carbocycles. The summed E-state index contributed by atoms with van der Waals surface area (Å²) in [6.07, 6.45) is 22.1. The number of unbranched alkanes of at least 4 members (excludes halogenated alkanes) is 13. The van der Waals surface area contributed by atoms with E-state index >= 15 is 0 Å². The number of benzene rings is 1. The molecule has 0 bridgehead atoms. The van der Waals surface area contributed by atoms with Gasteiger partial charge in [0, 0.05) is 12.0 Å². The molecule has 0 heterocycles. The van der Waals surface area contributed by atoms with Crippen molar-refractivity contribution < 1.29 is 4.68 Å². The first-order valence-corrected chi connectivity index (χ1v) is 11.6. The molecule has 0 spiro atoms. The van der Waals surface area contributed by atoms with Gasteiger partial charge in [-0.05, 0) is 18.6 Å². The van der Waals surface area contributed by atoms with Crippen LogP contribution in [-0.2, 0) is 0 Å². The lowest BCUT2D eigenvalue weighted by atomic mass is 10.0. The molecule has 0 aliphatic heterocycles. The summed E-state index contributed by atoms with van der Waals surface area (Å²) in [5, 5.41) is 2.19. The number of rotatable bonds is 17. The monoisotopic (exact) mass is 373 g/mol. The van der Waals surface area contributed by atoms with Crippen molar-refractivity contribution in [3.63, 3.8) is 0 Å². The first-order valence-electron chi connectivity index (χ1n) is 11.6. The van der Waals surface area contributed by atoms with E-state index < -0.39 is 0 Å². The maximum Gasteiger partial charge on any atom is 0.200 e. The van der Waals surface area contributed by atoms with Crippen LogP contribution in [0.3, 0.4) is 0 Å². The Hall–Kier alpha value is -1.31. The molecule has 0 unspecified atom stereocenters. The van der Waals surface area contributed by atoms with E-state index in [-0.39, 0.29) is 0 Å². The summed E-state index contributed by atoms with van der Waals surface area (Å²) in [7, 11) is 4.26. The van der Waals surface area contributed by atoms with E-state index in [1.165, 1.54) is 95.5 Å². The minimum absolute atomic E-state index is 1.11. The van der Waals surface area contributed by atoms with Crippen LogP contribution in [-0.4, -0.2) is 36.5 Å². The normalized spacial score (nSPS) is 11.7. The van der Waals surface area contributed by atoms with Gasteiger partial charge in [0.15, 0.2) is 6.54 Å². The van der Waals surface area contributed by atoms with E-state index in [9.17, 15) is 0 Å². The van der Waals surface area contributed by atoms with E-state index in [2.05, 4.69) is 67.3 Å². The molecule has 1 aromatic rings. The zero-order chi connectivity index (χ0) is 19.6. The van der Waals surface area contributed by atoms with Gasteiger partial charge in [-0.2, -0.15) is 5.01 Å². The number of nitrogens with zero attached hydrogens (tertiary/aromatic N) is 2. The third-order valence-corrected chi connectivity index (χ3v) is 5.35. The summed E-state index contributed by atoms with van der Waals surface area (Å²) < 4.78 is 2.33. The zero-order valence-electron chi connectivity index (χ0n) is 18.5. The van der Waals surface area contributed by atoms with Gasteiger partial charge in [-0.3, -0.25) is 0 Å². The highest BCUT2D eigenvalue weighted by molar-refractivity contribution is 5.75. The molecule has 1 aromatic carbocycles. The van der Waals surface area contributed by atoms with E-state index in [0.29, 0.717) is 0 Å². The lowest BCUT2D eigenvalue weighted by Gasteiger charge is -2.11. The molecule has 0 saturated heterocycles. The first kappa shape index (κ1) is 23.7. The van der Waals surface area contributed by atoms with Crippen molar-refractivity contribution in [2.75, 3.05) is 20.6 Å². The molecule has 0 fully saturated rings. The van der Waals surface area contributed by atoms with Gasteiger partial charge >= 0.3 is 0 Å². The molecule has 2 nitrogen and oxygen atoms in total. The molecule has 0 aliphatic rings. The van der Waals surface area contributed by atoms with Crippen LogP contribution in [0.15, 0.2) is 30.3 Å². The third kappa shape index (κ3) is 13.5. The van der Waals surface area contributed by atoms with Crippen molar-refractivity contribution in [3.8, 4) is 0 Å². The fraction of sp³-hybridized carbons (Fsp3) is 0.720.